The van der Waals surface area contributed by atoms with E-state index in [1.54, 1.807) is 6.33 Å². The first-order valence-corrected chi connectivity index (χ1v) is 5.79. The van der Waals surface area contributed by atoms with Crippen molar-refractivity contribution in [3.05, 3.63) is 23.3 Å². The van der Waals surface area contributed by atoms with Crippen molar-refractivity contribution in [2.75, 3.05) is 6.54 Å². The molecule has 1 aromatic rings. The second kappa shape index (κ2) is 4.71. The van der Waals surface area contributed by atoms with Crippen molar-refractivity contribution in [3.63, 3.8) is 0 Å². The van der Waals surface area contributed by atoms with E-state index >= 15 is 0 Å². The molecule has 0 atom stereocenters. The van der Waals surface area contributed by atoms with Gasteiger partial charge in [0, 0.05) is 36.5 Å². The van der Waals surface area contributed by atoms with Gasteiger partial charge in [-0.05, 0) is 18.8 Å². The highest BCUT2D eigenvalue weighted by molar-refractivity contribution is 5.26. The van der Waals surface area contributed by atoms with Crippen molar-refractivity contribution in [3.8, 4) is 0 Å². The molecule has 0 amide bonds. The summed E-state index contributed by atoms with van der Waals surface area (Å²) in [5, 5.41) is 3.39. The minimum atomic E-state index is 0.743. The first-order chi connectivity index (χ1) is 7.27. The Morgan fingerprint density at radius 3 is 3.07 bits per heavy atom. The molecule has 0 saturated carbocycles. The average Bonchev–Trinajstić information content (AvgIpc) is 2.26. The zero-order valence-corrected chi connectivity index (χ0v) is 9.58. The van der Waals surface area contributed by atoms with Gasteiger partial charge in [0.15, 0.2) is 0 Å². The average molecular weight is 205 g/mol. The van der Waals surface area contributed by atoms with Crippen LogP contribution in [0.1, 0.15) is 37.2 Å². The Kier molecular flexibility index (Phi) is 3.31. The van der Waals surface area contributed by atoms with Crippen molar-refractivity contribution in [1.82, 2.24) is 15.3 Å². The SMILES string of the molecule is CC(C)CCc1ncnc2c1CNCC2. The first kappa shape index (κ1) is 10.6. The van der Waals surface area contributed by atoms with E-state index in [-0.39, 0.29) is 0 Å². The standard InChI is InChI=1S/C12H19N3/c1-9(2)3-4-11-10-7-13-6-5-12(10)15-8-14-11/h8-9,13H,3-7H2,1-2H3. The molecule has 82 valence electrons. The van der Waals surface area contributed by atoms with E-state index < -0.39 is 0 Å². The molecule has 0 saturated heterocycles. The molecular formula is C12H19N3. The van der Waals surface area contributed by atoms with Crippen LogP contribution in [0.4, 0.5) is 0 Å². The number of aromatic nitrogens is 2. The molecule has 3 heteroatoms. The van der Waals surface area contributed by atoms with Crippen molar-refractivity contribution in [1.29, 1.82) is 0 Å². The van der Waals surface area contributed by atoms with Gasteiger partial charge in [0.05, 0.1) is 0 Å². The van der Waals surface area contributed by atoms with Crippen LogP contribution >= 0.6 is 0 Å². The third kappa shape index (κ3) is 2.53. The van der Waals surface area contributed by atoms with Gasteiger partial charge in [0.2, 0.25) is 0 Å². The van der Waals surface area contributed by atoms with Gasteiger partial charge < -0.3 is 5.32 Å². The zero-order chi connectivity index (χ0) is 10.7. The number of fused-ring (bicyclic) bond motifs is 1. The van der Waals surface area contributed by atoms with Gasteiger partial charge in [-0.15, -0.1) is 0 Å². The molecule has 0 radical (unpaired) electrons. The lowest BCUT2D eigenvalue weighted by atomic mass is 9.99. The summed E-state index contributed by atoms with van der Waals surface area (Å²) in [6, 6.07) is 0. The summed E-state index contributed by atoms with van der Waals surface area (Å²) in [7, 11) is 0. The fourth-order valence-corrected chi connectivity index (χ4v) is 1.97. The Morgan fingerprint density at radius 1 is 1.40 bits per heavy atom. The molecule has 3 nitrogen and oxygen atoms in total. The van der Waals surface area contributed by atoms with Crippen LogP contribution in [0.3, 0.4) is 0 Å². The maximum atomic E-state index is 4.41. The molecule has 1 N–H and O–H groups in total. The quantitative estimate of drug-likeness (QED) is 0.816. The van der Waals surface area contributed by atoms with Gasteiger partial charge in [0.1, 0.15) is 6.33 Å². The van der Waals surface area contributed by atoms with Crippen molar-refractivity contribution < 1.29 is 0 Å². The van der Waals surface area contributed by atoms with E-state index in [1.807, 2.05) is 0 Å². The minimum Gasteiger partial charge on any atom is -0.312 e. The fraction of sp³-hybridized carbons (Fsp3) is 0.667. The number of nitrogens with zero attached hydrogens (tertiary/aromatic N) is 2. The Hall–Kier alpha value is -0.960. The molecule has 1 aromatic heterocycles. The largest absolute Gasteiger partial charge is 0.312 e. The number of hydrogen-bond donors (Lipinski definition) is 1. The number of aryl methyl sites for hydroxylation is 1. The van der Waals surface area contributed by atoms with Gasteiger partial charge in [-0.1, -0.05) is 13.8 Å². The topological polar surface area (TPSA) is 37.8 Å². The van der Waals surface area contributed by atoms with Crippen molar-refractivity contribution in [2.24, 2.45) is 5.92 Å². The van der Waals surface area contributed by atoms with Crippen molar-refractivity contribution >= 4 is 0 Å². The molecule has 0 fully saturated rings. The van der Waals surface area contributed by atoms with E-state index in [4.69, 9.17) is 0 Å². The molecule has 0 aliphatic carbocycles. The second-order valence-corrected chi connectivity index (χ2v) is 4.60. The molecule has 2 rings (SSSR count). The Labute approximate surface area is 91.3 Å². The van der Waals surface area contributed by atoms with Crippen LogP contribution in [0.15, 0.2) is 6.33 Å². The summed E-state index contributed by atoms with van der Waals surface area (Å²) < 4.78 is 0. The lowest BCUT2D eigenvalue weighted by Gasteiger charge is -2.18. The van der Waals surface area contributed by atoms with Crippen LogP contribution in [-0.4, -0.2) is 16.5 Å². The Bertz CT molecular complexity index is 334. The molecule has 0 aromatic carbocycles. The van der Waals surface area contributed by atoms with Crippen LogP contribution in [0.2, 0.25) is 0 Å². The lowest BCUT2D eigenvalue weighted by molar-refractivity contribution is 0.565. The highest BCUT2D eigenvalue weighted by Gasteiger charge is 2.14. The van der Waals surface area contributed by atoms with Gasteiger partial charge in [-0.2, -0.15) is 0 Å². The summed E-state index contributed by atoms with van der Waals surface area (Å²) in [5.74, 6) is 0.743. The normalized spacial score (nSPS) is 15.4. The van der Waals surface area contributed by atoms with Crippen LogP contribution in [0, 0.1) is 5.92 Å². The van der Waals surface area contributed by atoms with E-state index in [9.17, 15) is 0 Å². The predicted octanol–water partition coefficient (Wildman–Crippen LogP) is 1.71. The van der Waals surface area contributed by atoms with Gasteiger partial charge in [-0.25, -0.2) is 9.97 Å². The zero-order valence-electron chi connectivity index (χ0n) is 9.58. The van der Waals surface area contributed by atoms with Crippen LogP contribution in [0.25, 0.3) is 0 Å². The van der Waals surface area contributed by atoms with Crippen molar-refractivity contribution in [2.45, 2.75) is 39.7 Å². The van der Waals surface area contributed by atoms with Crippen LogP contribution in [0.5, 0.6) is 0 Å². The van der Waals surface area contributed by atoms with Crippen LogP contribution < -0.4 is 5.32 Å². The van der Waals surface area contributed by atoms with E-state index in [1.165, 1.54) is 23.4 Å². The third-order valence-electron chi connectivity index (χ3n) is 2.92. The second-order valence-electron chi connectivity index (χ2n) is 4.60. The minimum absolute atomic E-state index is 0.743. The summed E-state index contributed by atoms with van der Waals surface area (Å²) in [5.41, 5.74) is 3.85. The molecule has 0 unspecified atom stereocenters. The van der Waals surface area contributed by atoms with Gasteiger partial charge >= 0.3 is 0 Å². The summed E-state index contributed by atoms with van der Waals surface area (Å²) in [4.78, 5) is 8.77. The number of hydrogen-bond acceptors (Lipinski definition) is 3. The smallest absolute Gasteiger partial charge is 0.115 e. The van der Waals surface area contributed by atoms with E-state index in [0.717, 1.165) is 31.8 Å². The molecule has 1 aliphatic rings. The van der Waals surface area contributed by atoms with E-state index in [2.05, 4.69) is 29.1 Å². The fourth-order valence-electron chi connectivity index (χ4n) is 1.97. The summed E-state index contributed by atoms with van der Waals surface area (Å²) in [6.07, 6.45) is 5.07. The molecule has 0 bridgehead atoms. The number of rotatable bonds is 3. The molecule has 2 heterocycles. The van der Waals surface area contributed by atoms with E-state index in [0.29, 0.717) is 0 Å². The van der Waals surface area contributed by atoms with Crippen LogP contribution in [-0.2, 0) is 19.4 Å². The monoisotopic (exact) mass is 205 g/mol. The Morgan fingerprint density at radius 2 is 2.27 bits per heavy atom. The van der Waals surface area contributed by atoms with Gasteiger partial charge in [-0.3, -0.25) is 0 Å². The highest BCUT2D eigenvalue weighted by atomic mass is 14.9. The molecule has 0 spiro atoms. The van der Waals surface area contributed by atoms with Gasteiger partial charge in [0.25, 0.3) is 0 Å². The summed E-state index contributed by atoms with van der Waals surface area (Å²) >= 11 is 0. The predicted molar refractivity (Wildman–Crippen MR) is 60.6 cm³/mol. The maximum Gasteiger partial charge on any atom is 0.115 e. The molecular weight excluding hydrogens is 186 g/mol. The third-order valence-corrected chi connectivity index (χ3v) is 2.92. The first-order valence-electron chi connectivity index (χ1n) is 5.79. The maximum absolute atomic E-state index is 4.41. The highest BCUT2D eigenvalue weighted by Crippen LogP contribution is 2.16. The lowest BCUT2D eigenvalue weighted by Crippen LogP contribution is -2.26. The Balaban J connectivity index is 2.16. The molecule has 15 heavy (non-hydrogen) atoms. The number of nitrogens with one attached hydrogen (secondary N) is 1. The molecule has 1 aliphatic heterocycles. The summed E-state index contributed by atoms with van der Waals surface area (Å²) in [6.45, 7) is 6.51.